The van der Waals surface area contributed by atoms with Gasteiger partial charge in [-0.25, -0.2) is 9.86 Å². The lowest BCUT2D eigenvalue weighted by atomic mass is 10.4. The highest BCUT2D eigenvalue weighted by Crippen LogP contribution is 2.07. The Balaban J connectivity index is 4.27. The molecule has 0 heterocycles. The molecule has 0 unspecified atom stereocenters. The Kier molecular flexibility index (Phi) is 7.39. The van der Waals surface area contributed by atoms with Crippen molar-refractivity contribution >= 4 is 20.1 Å². The van der Waals surface area contributed by atoms with Crippen LogP contribution in [0.3, 0.4) is 0 Å². The van der Waals surface area contributed by atoms with E-state index in [0.717, 1.165) is 11.1 Å². The first-order valence-corrected chi connectivity index (χ1v) is 9.84. The summed E-state index contributed by atoms with van der Waals surface area (Å²) in [7, 11) is 1.60. The summed E-state index contributed by atoms with van der Waals surface area (Å²) < 4.78 is 5.05. The minimum absolute atomic E-state index is 0.127. The van der Waals surface area contributed by atoms with Gasteiger partial charge in [-0.2, -0.15) is 0 Å². The summed E-state index contributed by atoms with van der Waals surface area (Å²) in [6, 6.07) is 0.886. The van der Waals surface area contributed by atoms with Crippen LogP contribution >= 0.6 is 0 Å². The molecule has 6 nitrogen and oxygen atoms in total. The molecule has 0 rings (SSSR count). The van der Waals surface area contributed by atoms with Crippen LogP contribution in [-0.2, 0) is 14.4 Å². The number of rotatable bonds is 6. The highest BCUT2D eigenvalue weighted by atomic mass is 28.3. The molecule has 0 aliphatic rings. The molecule has 110 valence electrons. The molecular weight excluding hydrogens is 264 g/mol. The second kappa shape index (κ2) is 7.95. The van der Waals surface area contributed by atoms with Gasteiger partial charge in [-0.15, -0.1) is 0 Å². The second-order valence-electron chi connectivity index (χ2n) is 5.26. The fraction of sp³-hybridized carbons (Fsp3) is 0.667. The maximum absolute atomic E-state index is 11.7. The van der Waals surface area contributed by atoms with E-state index in [2.05, 4.69) is 25.0 Å². The summed E-state index contributed by atoms with van der Waals surface area (Å²) >= 11 is 0. The number of hydrogen-bond acceptors (Lipinski definition) is 4. The smallest absolute Gasteiger partial charge is 0.411 e. The molecule has 2 amide bonds. The van der Waals surface area contributed by atoms with E-state index in [-0.39, 0.29) is 5.70 Å². The number of nitrogens with zero attached hydrogens (tertiary/aromatic N) is 1. The predicted octanol–water partition coefficient (Wildman–Crippen LogP) is 1.97. The number of alkyl carbamates (subject to hydrolysis) is 1. The van der Waals surface area contributed by atoms with Crippen LogP contribution in [-0.4, -0.2) is 45.9 Å². The molecule has 19 heavy (non-hydrogen) atoms. The van der Waals surface area contributed by atoms with E-state index in [1.165, 1.54) is 20.2 Å². The Labute approximate surface area is 115 Å². The fourth-order valence-electron chi connectivity index (χ4n) is 1.10. The van der Waals surface area contributed by atoms with Crippen molar-refractivity contribution in [2.24, 2.45) is 0 Å². The molecule has 0 aliphatic carbocycles. The minimum Gasteiger partial charge on any atom is -0.450 e. The second-order valence-corrected chi connectivity index (χ2v) is 10.9. The van der Waals surface area contributed by atoms with Gasteiger partial charge in [-0.05, 0) is 13.0 Å². The van der Waals surface area contributed by atoms with Crippen molar-refractivity contribution in [2.75, 3.05) is 20.8 Å². The van der Waals surface area contributed by atoms with Gasteiger partial charge in [0.05, 0.1) is 13.7 Å². The van der Waals surface area contributed by atoms with Crippen LogP contribution in [0.15, 0.2) is 11.8 Å². The normalized spacial score (nSPS) is 12.0. The van der Waals surface area contributed by atoms with Crippen LogP contribution in [0, 0.1) is 0 Å². The largest absolute Gasteiger partial charge is 0.450 e. The average Bonchev–Trinajstić information content (AvgIpc) is 2.32. The number of nitrogens with one attached hydrogen (secondary N) is 1. The van der Waals surface area contributed by atoms with Gasteiger partial charge in [0.15, 0.2) is 0 Å². The molecule has 0 fully saturated rings. The number of likely N-dealkylation sites (N-methyl/N-ethyl adjacent to an activating group) is 1. The summed E-state index contributed by atoms with van der Waals surface area (Å²) in [4.78, 5) is 28.0. The van der Waals surface area contributed by atoms with Gasteiger partial charge in [0, 0.05) is 15.1 Å². The Hall–Kier alpha value is -1.34. The van der Waals surface area contributed by atoms with E-state index in [9.17, 15) is 9.59 Å². The van der Waals surface area contributed by atoms with Gasteiger partial charge >= 0.3 is 6.09 Å². The molecular formula is C12H24N2O4Si. The highest BCUT2D eigenvalue weighted by molar-refractivity contribution is 6.76. The Bertz CT molecular complexity index is 350. The van der Waals surface area contributed by atoms with Gasteiger partial charge in [0.1, 0.15) is 5.70 Å². The van der Waals surface area contributed by atoms with Crippen molar-refractivity contribution in [1.29, 1.82) is 0 Å². The molecule has 0 aromatic heterocycles. The van der Waals surface area contributed by atoms with Crippen molar-refractivity contribution in [3.8, 4) is 0 Å². The maximum atomic E-state index is 11.7. The van der Waals surface area contributed by atoms with Gasteiger partial charge < -0.3 is 4.74 Å². The SMILES string of the molecule is C/C=C(\NC(=O)OCC[Si](C)(C)C)C(=O)N(C)OC. The number of hydroxylamine groups is 2. The van der Waals surface area contributed by atoms with Gasteiger partial charge in [0.2, 0.25) is 0 Å². The van der Waals surface area contributed by atoms with Gasteiger partial charge in [-0.3, -0.25) is 14.9 Å². The van der Waals surface area contributed by atoms with Crippen molar-refractivity contribution in [2.45, 2.75) is 32.6 Å². The first-order chi connectivity index (χ1) is 8.71. The lowest BCUT2D eigenvalue weighted by molar-refractivity contribution is -0.164. The fourth-order valence-corrected chi connectivity index (χ4v) is 1.81. The van der Waals surface area contributed by atoms with Crippen molar-refractivity contribution in [3.05, 3.63) is 11.8 Å². The summed E-state index contributed by atoms with van der Waals surface area (Å²) in [5.74, 6) is -0.438. The lowest BCUT2D eigenvalue weighted by Gasteiger charge is -2.17. The lowest BCUT2D eigenvalue weighted by Crippen LogP contribution is -2.36. The molecule has 7 heteroatoms. The van der Waals surface area contributed by atoms with Gasteiger partial charge in [-0.1, -0.05) is 25.7 Å². The summed E-state index contributed by atoms with van der Waals surface area (Å²) in [5.41, 5.74) is 0.127. The zero-order chi connectivity index (χ0) is 15.1. The monoisotopic (exact) mass is 288 g/mol. The molecule has 0 bridgehead atoms. The first kappa shape index (κ1) is 17.7. The zero-order valence-corrected chi connectivity index (χ0v) is 13.6. The summed E-state index contributed by atoms with van der Waals surface area (Å²) in [6.07, 6.45) is 0.877. The molecule has 1 N–H and O–H groups in total. The Morgan fingerprint density at radius 3 is 2.32 bits per heavy atom. The van der Waals surface area contributed by atoms with Crippen LogP contribution in [0.4, 0.5) is 4.79 Å². The van der Waals surface area contributed by atoms with Crippen molar-refractivity contribution in [3.63, 3.8) is 0 Å². The molecule has 0 saturated carbocycles. The Morgan fingerprint density at radius 2 is 1.89 bits per heavy atom. The van der Waals surface area contributed by atoms with E-state index >= 15 is 0 Å². The summed E-state index contributed by atoms with van der Waals surface area (Å²) in [6.45, 7) is 8.61. The van der Waals surface area contributed by atoms with E-state index in [0.29, 0.717) is 6.61 Å². The van der Waals surface area contributed by atoms with Crippen molar-refractivity contribution in [1.82, 2.24) is 10.4 Å². The Morgan fingerprint density at radius 1 is 1.32 bits per heavy atom. The predicted molar refractivity (Wildman–Crippen MR) is 76.2 cm³/mol. The zero-order valence-electron chi connectivity index (χ0n) is 12.6. The van der Waals surface area contributed by atoms with E-state index in [1.54, 1.807) is 6.92 Å². The molecule has 0 aromatic carbocycles. The van der Waals surface area contributed by atoms with Crippen LogP contribution in [0.1, 0.15) is 6.92 Å². The maximum Gasteiger partial charge on any atom is 0.411 e. The quantitative estimate of drug-likeness (QED) is 0.461. The van der Waals surface area contributed by atoms with Crippen LogP contribution in [0.2, 0.25) is 25.7 Å². The van der Waals surface area contributed by atoms with Gasteiger partial charge in [0.25, 0.3) is 5.91 Å². The topological polar surface area (TPSA) is 67.9 Å². The molecule has 0 atom stereocenters. The number of carbonyl (C=O) groups excluding carboxylic acids is 2. The molecule has 0 radical (unpaired) electrons. The third-order valence-corrected chi connectivity index (χ3v) is 4.11. The number of allylic oxidation sites excluding steroid dienone is 1. The minimum atomic E-state index is -1.23. The first-order valence-electron chi connectivity index (χ1n) is 6.13. The highest BCUT2D eigenvalue weighted by Gasteiger charge is 2.18. The molecule has 0 spiro atoms. The molecule has 0 aromatic rings. The van der Waals surface area contributed by atoms with E-state index < -0.39 is 20.1 Å². The number of hydrogen-bond donors (Lipinski definition) is 1. The third kappa shape index (κ3) is 7.63. The average molecular weight is 288 g/mol. The van der Waals surface area contributed by atoms with E-state index in [1.807, 2.05) is 0 Å². The number of carbonyl (C=O) groups is 2. The van der Waals surface area contributed by atoms with Crippen molar-refractivity contribution < 1.29 is 19.2 Å². The van der Waals surface area contributed by atoms with Crippen LogP contribution < -0.4 is 5.32 Å². The standard InChI is InChI=1S/C12H24N2O4Si/c1-7-10(11(15)14(2)17-3)13-12(16)18-8-9-19(4,5)6/h7H,8-9H2,1-6H3,(H,13,16)/b10-7-. The number of ether oxygens (including phenoxy) is 1. The van der Waals surface area contributed by atoms with Crippen LogP contribution in [0.25, 0.3) is 0 Å². The molecule has 0 saturated heterocycles. The van der Waals surface area contributed by atoms with Crippen LogP contribution in [0.5, 0.6) is 0 Å². The molecule has 0 aliphatic heterocycles. The summed E-state index contributed by atoms with van der Waals surface area (Å²) in [5, 5.41) is 3.44. The third-order valence-electron chi connectivity index (χ3n) is 2.40. The van der Waals surface area contributed by atoms with E-state index in [4.69, 9.17) is 9.57 Å². The number of amides is 2.